The summed E-state index contributed by atoms with van der Waals surface area (Å²) in [5, 5.41) is 11.4. The minimum absolute atomic E-state index is 0.580. The molecule has 3 rings (SSSR count). The molecule has 0 amide bonds. The van der Waals surface area contributed by atoms with E-state index in [1.807, 2.05) is 85.9 Å². The van der Waals surface area contributed by atoms with E-state index in [1.165, 1.54) is 5.56 Å². The molecule has 0 aliphatic heterocycles. The van der Waals surface area contributed by atoms with E-state index in [2.05, 4.69) is 28.9 Å². The number of hydrogen-bond acceptors (Lipinski definition) is 2. The quantitative estimate of drug-likeness (QED) is 0.708. The molecule has 0 saturated heterocycles. The molecule has 2 nitrogen and oxygen atoms in total. The third kappa shape index (κ3) is 4.40. The van der Waals surface area contributed by atoms with Gasteiger partial charge in [0.2, 0.25) is 0 Å². The molecule has 0 aliphatic carbocycles. The van der Waals surface area contributed by atoms with Gasteiger partial charge in [-0.1, -0.05) is 103 Å². The van der Waals surface area contributed by atoms with Gasteiger partial charge in [0.05, 0.1) is 6.54 Å². The number of nitrogens with zero attached hydrogens (tertiary/aromatic N) is 1. The van der Waals surface area contributed by atoms with Crippen LogP contribution >= 0.6 is 0 Å². The van der Waals surface area contributed by atoms with Crippen LogP contribution in [0, 0.1) is 11.8 Å². The lowest BCUT2D eigenvalue weighted by atomic mass is 9.87. The zero-order valence-corrected chi connectivity index (χ0v) is 15.0. The van der Waals surface area contributed by atoms with Gasteiger partial charge in [-0.15, -0.1) is 0 Å². The maximum Gasteiger partial charge on any atom is 0.176 e. The second kappa shape index (κ2) is 8.49. The molecule has 1 N–H and O–H groups in total. The van der Waals surface area contributed by atoms with Gasteiger partial charge in [-0.25, -0.2) is 0 Å². The Kier molecular flexibility index (Phi) is 5.86. The van der Waals surface area contributed by atoms with Gasteiger partial charge in [-0.3, -0.25) is 4.90 Å². The van der Waals surface area contributed by atoms with Crippen LogP contribution in [0.4, 0.5) is 0 Å². The Morgan fingerprint density at radius 3 is 1.73 bits per heavy atom. The van der Waals surface area contributed by atoms with Crippen molar-refractivity contribution in [3.63, 3.8) is 0 Å². The normalized spacial score (nSPS) is 11.0. The topological polar surface area (TPSA) is 23.5 Å². The lowest BCUT2D eigenvalue weighted by Gasteiger charge is -2.23. The van der Waals surface area contributed by atoms with Crippen molar-refractivity contribution in [3.05, 3.63) is 108 Å². The van der Waals surface area contributed by atoms with Gasteiger partial charge in [0.25, 0.3) is 0 Å². The van der Waals surface area contributed by atoms with Crippen molar-refractivity contribution >= 4 is 0 Å². The summed E-state index contributed by atoms with van der Waals surface area (Å²) < 4.78 is 0. The van der Waals surface area contributed by atoms with E-state index in [1.54, 1.807) is 0 Å². The lowest BCUT2D eigenvalue weighted by Crippen LogP contribution is -2.26. The van der Waals surface area contributed by atoms with E-state index >= 15 is 0 Å². The number of hydrogen-bond donors (Lipinski definition) is 1. The highest BCUT2D eigenvalue weighted by molar-refractivity contribution is 5.44. The number of aliphatic hydroxyl groups is 1. The first kappa shape index (κ1) is 17.9. The van der Waals surface area contributed by atoms with Crippen LogP contribution < -0.4 is 0 Å². The van der Waals surface area contributed by atoms with Crippen molar-refractivity contribution in [2.45, 2.75) is 12.1 Å². The second-order valence-corrected chi connectivity index (χ2v) is 6.40. The zero-order chi connectivity index (χ0) is 18.2. The molecule has 0 aromatic heterocycles. The van der Waals surface area contributed by atoms with Gasteiger partial charge >= 0.3 is 0 Å². The SMILES string of the molecule is CN(CC#CC(O)(c1ccccc1)c1ccccc1)Cc1ccccc1. The lowest BCUT2D eigenvalue weighted by molar-refractivity contribution is 0.145. The summed E-state index contributed by atoms with van der Waals surface area (Å²) in [6, 6.07) is 29.5. The summed E-state index contributed by atoms with van der Waals surface area (Å²) in [7, 11) is 2.03. The van der Waals surface area contributed by atoms with Crippen LogP contribution in [0.5, 0.6) is 0 Å². The minimum atomic E-state index is -1.31. The summed E-state index contributed by atoms with van der Waals surface area (Å²) in [4.78, 5) is 2.14. The third-order valence-electron chi connectivity index (χ3n) is 4.30. The molecule has 0 saturated carbocycles. The number of benzene rings is 3. The zero-order valence-electron chi connectivity index (χ0n) is 15.0. The highest BCUT2D eigenvalue weighted by atomic mass is 16.3. The van der Waals surface area contributed by atoms with Gasteiger partial charge < -0.3 is 5.11 Å². The van der Waals surface area contributed by atoms with Gasteiger partial charge in [0.15, 0.2) is 5.60 Å². The van der Waals surface area contributed by atoms with Crippen LogP contribution in [-0.4, -0.2) is 23.6 Å². The van der Waals surface area contributed by atoms with E-state index in [0.29, 0.717) is 6.54 Å². The van der Waals surface area contributed by atoms with E-state index in [4.69, 9.17) is 0 Å². The van der Waals surface area contributed by atoms with Crippen LogP contribution in [-0.2, 0) is 12.1 Å². The molecule has 0 spiro atoms. The molecular weight excluding hydrogens is 318 g/mol. The van der Waals surface area contributed by atoms with E-state index < -0.39 is 5.60 Å². The Balaban J connectivity index is 1.80. The Hall–Kier alpha value is -2.86. The Labute approximate surface area is 155 Å². The van der Waals surface area contributed by atoms with Crippen LogP contribution in [0.25, 0.3) is 0 Å². The van der Waals surface area contributed by atoms with Crippen molar-refractivity contribution in [2.75, 3.05) is 13.6 Å². The molecule has 3 aromatic rings. The molecule has 26 heavy (non-hydrogen) atoms. The molecule has 130 valence electrons. The Bertz CT molecular complexity index is 824. The molecule has 0 aliphatic rings. The molecule has 3 aromatic carbocycles. The van der Waals surface area contributed by atoms with Gasteiger partial charge in [0.1, 0.15) is 0 Å². The summed E-state index contributed by atoms with van der Waals surface area (Å²) in [6.45, 7) is 1.40. The smallest absolute Gasteiger partial charge is 0.176 e. The Morgan fingerprint density at radius 1 is 0.769 bits per heavy atom. The largest absolute Gasteiger partial charge is 0.369 e. The van der Waals surface area contributed by atoms with E-state index in [9.17, 15) is 5.11 Å². The highest BCUT2D eigenvalue weighted by Crippen LogP contribution is 2.28. The fourth-order valence-electron chi connectivity index (χ4n) is 2.92. The van der Waals surface area contributed by atoms with Gasteiger partial charge in [-0.05, 0) is 12.6 Å². The first-order valence-electron chi connectivity index (χ1n) is 8.74. The molecule has 0 heterocycles. The van der Waals surface area contributed by atoms with Crippen molar-refractivity contribution < 1.29 is 5.11 Å². The maximum atomic E-state index is 11.4. The minimum Gasteiger partial charge on any atom is -0.369 e. The first-order valence-corrected chi connectivity index (χ1v) is 8.74. The van der Waals surface area contributed by atoms with Crippen molar-refractivity contribution in [3.8, 4) is 11.8 Å². The predicted molar refractivity (Wildman–Crippen MR) is 106 cm³/mol. The predicted octanol–water partition coefficient (Wildman–Crippen LogP) is 4.06. The van der Waals surface area contributed by atoms with Crippen LogP contribution in [0.15, 0.2) is 91.0 Å². The summed E-state index contributed by atoms with van der Waals surface area (Å²) in [5.41, 5.74) is 1.50. The molecule has 0 radical (unpaired) electrons. The highest BCUT2D eigenvalue weighted by Gasteiger charge is 2.28. The molecular formula is C24H23NO. The second-order valence-electron chi connectivity index (χ2n) is 6.40. The first-order chi connectivity index (χ1) is 12.7. The third-order valence-corrected chi connectivity index (χ3v) is 4.30. The molecule has 0 atom stereocenters. The van der Waals surface area contributed by atoms with E-state index in [0.717, 1.165) is 17.7 Å². The van der Waals surface area contributed by atoms with Gasteiger partial charge in [0, 0.05) is 17.7 Å². The average molecular weight is 341 g/mol. The summed E-state index contributed by atoms with van der Waals surface area (Å²) in [6.07, 6.45) is 0. The fraction of sp³-hybridized carbons (Fsp3) is 0.167. The maximum absolute atomic E-state index is 11.4. The molecule has 0 unspecified atom stereocenters. The fourth-order valence-corrected chi connectivity index (χ4v) is 2.92. The monoisotopic (exact) mass is 341 g/mol. The number of rotatable bonds is 5. The van der Waals surface area contributed by atoms with Crippen molar-refractivity contribution in [1.29, 1.82) is 0 Å². The standard InChI is InChI=1S/C24H23NO/c1-25(20-21-12-5-2-6-13-21)19-11-18-24(26,22-14-7-3-8-15-22)23-16-9-4-10-17-23/h2-10,12-17,26H,19-20H2,1H3. The van der Waals surface area contributed by atoms with Crippen LogP contribution in [0.3, 0.4) is 0 Å². The summed E-state index contributed by atoms with van der Waals surface area (Å²) in [5.74, 6) is 6.28. The van der Waals surface area contributed by atoms with Crippen LogP contribution in [0.1, 0.15) is 16.7 Å². The van der Waals surface area contributed by atoms with E-state index in [-0.39, 0.29) is 0 Å². The molecule has 2 heteroatoms. The summed E-state index contributed by atoms with van der Waals surface area (Å²) >= 11 is 0. The molecule has 0 bridgehead atoms. The molecule has 0 fully saturated rings. The van der Waals surface area contributed by atoms with Crippen molar-refractivity contribution in [2.24, 2.45) is 0 Å². The Morgan fingerprint density at radius 2 is 1.23 bits per heavy atom. The van der Waals surface area contributed by atoms with Crippen LogP contribution in [0.2, 0.25) is 0 Å². The van der Waals surface area contributed by atoms with Gasteiger partial charge in [-0.2, -0.15) is 0 Å². The van der Waals surface area contributed by atoms with Crippen molar-refractivity contribution in [1.82, 2.24) is 4.90 Å². The average Bonchev–Trinajstić information content (AvgIpc) is 2.70.